The van der Waals surface area contributed by atoms with Crippen molar-refractivity contribution < 1.29 is 9.13 Å². The highest BCUT2D eigenvalue weighted by Crippen LogP contribution is 2.15. The van der Waals surface area contributed by atoms with E-state index in [0.29, 0.717) is 12.4 Å². The van der Waals surface area contributed by atoms with Crippen LogP contribution in [0.15, 0.2) is 36.7 Å². The van der Waals surface area contributed by atoms with Crippen molar-refractivity contribution in [1.29, 1.82) is 0 Å². The van der Waals surface area contributed by atoms with Crippen molar-refractivity contribution in [1.82, 2.24) is 9.97 Å². The summed E-state index contributed by atoms with van der Waals surface area (Å²) in [6, 6.07) is 7.03. The zero-order chi connectivity index (χ0) is 14.5. The molecule has 0 spiro atoms. The number of hydrogen-bond donors (Lipinski definition) is 1. The SMILES string of the molecule is Fc1ccc(NCc2ccnc(N3CCOCC3)c2)nc1. The number of rotatable bonds is 4. The van der Waals surface area contributed by atoms with Crippen molar-refractivity contribution >= 4 is 11.6 Å². The first-order valence-corrected chi connectivity index (χ1v) is 6.94. The van der Waals surface area contributed by atoms with E-state index in [0.717, 1.165) is 37.7 Å². The van der Waals surface area contributed by atoms with Gasteiger partial charge in [-0.1, -0.05) is 0 Å². The smallest absolute Gasteiger partial charge is 0.141 e. The lowest BCUT2D eigenvalue weighted by molar-refractivity contribution is 0.122. The van der Waals surface area contributed by atoms with Gasteiger partial charge in [0.1, 0.15) is 17.5 Å². The molecule has 1 fully saturated rings. The minimum Gasteiger partial charge on any atom is -0.378 e. The van der Waals surface area contributed by atoms with Crippen molar-refractivity contribution in [3.63, 3.8) is 0 Å². The van der Waals surface area contributed by atoms with Gasteiger partial charge in [0.2, 0.25) is 0 Å². The maximum Gasteiger partial charge on any atom is 0.141 e. The molecule has 0 atom stereocenters. The third-order valence-electron chi connectivity index (χ3n) is 3.35. The molecule has 0 aliphatic carbocycles. The summed E-state index contributed by atoms with van der Waals surface area (Å²) in [5.74, 6) is 1.28. The van der Waals surface area contributed by atoms with Crippen molar-refractivity contribution in [3.8, 4) is 0 Å². The van der Waals surface area contributed by atoms with Gasteiger partial charge in [-0.2, -0.15) is 0 Å². The van der Waals surface area contributed by atoms with Crippen LogP contribution in [0.5, 0.6) is 0 Å². The van der Waals surface area contributed by atoms with E-state index in [2.05, 4.69) is 26.3 Å². The zero-order valence-electron chi connectivity index (χ0n) is 11.6. The summed E-state index contributed by atoms with van der Waals surface area (Å²) < 4.78 is 18.1. The summed E-state index contributed by atoms with van der Waals surface area (Å²) in [5.41, 5.74) is 1.11. The molecule has 110 valence electrons. The molecule has 6 heteroatoms. The van der Waals surface area contributed by atoms with E-state index in [1.807, 2.05) is 6.07 Å². The average Bonchev–Trinajstić information content (AvgIpc) is 2.55. The van der Waals surface area contributed by atoms with E-state index in [1.54, 1.807) is 12.3 Å². The molecule has 3 rings (SSSR count). The Balaban J connectivity index is 1.64. The van der Waals surface area contributed by atoms with Crippen LogP contribution in [0.3, 0.4) is 0 Å². The van der Waals surface area contributed by atoms with Crippen LogP contribution >= 0.6 is 0 Å². The quantitative estimate of drug-likeness (QED) is 0.933. The van der Waals surface area contributed by atoms with E-state index >= 15 is 0 Å². The Kier molecular flexibility index (Phi) is 4.25. The maximum absolute atomic E-state index is 12.8. The van der Waals surface area contributed by atoms with Crippen LogP contribution in [0.25, 0.3) is 0 Å². The molecule has 1 aliphatic rings. The number of aromatic nitrogens is 2. The number of hydrogen-bond acceptors (Lipinski definition) is 5. The summed E-state index contributed by atoms with van der Waals surface area (Å²) in [6.07, 6.45) is 3.01. The average molecular weight is 288 g/mol. The molecule has 2 aromatic heterocycles. The number of ether oxygens (including phenoxy) is 1. The fourth-order valence-electron chi connectivity index (χ4n) is 2.21. The highest BCUT2D eigenvalue weighted by Gasteiger charge is 2.12. The van der Waals surface area contributed by atoms with Gasteiger partial charge in [-0.05, 0) is 29.8 Å². The minimum absolute atomic E-state index is 0.334. The van der Waals surface area contributed by atoms with E-state index in [-0.39, 0.29) is 5.82 Å². The van der Waals surface area contributed by atoms with Gasteiger partial charge < -0.3 is 15.0 Å². The Labute approximate surface area is 122 Å². The van der Waals surface area contributed by atoms with Crippen molar-refractivity contribution in [2.24, 2.45) is 0 Å². The Hall–Kier alpha value is -2.21. The number of morpholine rings is 1. The first-order chi connectivity index (χ1) is 10.3. The van der Waals surface area contributed by atoms with Crippen LogP contribution in [0.2, 0.25) is 0 Å². The van der Waals surface area contributed by atoms with Crippen LogP contribution in [0, 0.1) is 5.82 Å². The topological polar surface area (TPSA) is 50.3 Å². The molecule has 0 aromatic carbocycles. The third-order valence-corrected chi connectivity index (χ3v) is 3.35. The number of halogens is 1. The standard InChI is InChI=1S/C15H17FN4O/c16-13-1-2-14(19-11-13)18-10-12-3-4-17-15(9-12)20-5-7-21-8-6-20/h1-4,9,11H,5-8,10H2,(H,18,19). The number of nitrogens with zero attached hydrogens (tertiary/aromatic N) is 3. The van der Waals surface area contributed by atoms with E-state index in [4.69, 9.17) is 4.74 Å². The Bertz CT molecular complexity index is 584. The van der Waals surface area contributed by atoms with E-state index in [1.165, 1.54) is 12.3 Å². The summed E-state index contributed by atoms with van der Waals surface area (Å²) in [6.45, 7) is 3.83. The predicted octanol–water partition coefficient (Wildman–Crippen LogP) is 2.06. The largest absolute Gasteiger partial charge is 0.378 e. The molecule has 1 N–H and O–H groups in total. The van der Waals surface area contributed by atoms with Gasteiger partial charge in [-0.25, -0.2) is 14.4 Å². The summed E-state index contributed by atoms with van der Waals surface area (Å²) in [7, 11) is 0. The van der Waals surface area contributed by atoms with Crippen LogP contribution < -0.4 is 10.2 Å². The number of pyridine rings is 2. The van der Waals surface area contributed by atoms with Gasteiger partial charge in [0.15, 0.2) is 0 Å². The summed E-state index contributed by atoms with van der Waals surface area (Å²) >= 11 is 0. The second-order valence-corrected chi connectivity index (χ2v) is 4.84. The third kappa shape index (κ3) is 3.66. The molecule has 0 bridgehead atoms. The summed E-state index contributed by atoms with van der Waals surface area (Å²) in [5, 5.41) is 3.17. The van der Waals surface area contributed by atoms with Crippen LogP contribution in [0.1, 0.15) is 5.56 Å². The highest BCUT2D eigenvalue weighted by molar-refractivity contribution is 5.43. The van der Waals surface area contributed by atoms with Gasteiger partial charge in [0.05, 0.1) is 19.4 Å². The molecule has 0 radical (unpaired) electrons. The highest BCUT2D eigenvalue weighted by atomic mass is 19.1. The summed E-state index contributed by atoms with van der Waals surface area (Å²) in [4.78, 5) is 10.6. The molecule has 0 amide bonds. The molecule has 2 aromatic rings. The van der Waals surface area contributed by atoms with E-state index < -0.39 is 0 Å². The Morgan fingerprint density at radius 1 is 1.19 bits per heavy atom. The zero-order valence-corrected chi connectivity index (χ0v) is 11.6. The molecule has 3 heterocycles. The van der Waals surface area contributed by atoms with E-state index in [9.17, 15) is 4.39 Å². The number of anilines is 2. The normalized spacial score (nSPS) is 15.0. The minimum atomic E-state index is -0.334. The maximum atomic E-state index is 12.8. The molecular formula is C15H17FN4O. The van der Waals surface area contributed by atoms with Crippen molar-refractivity contribution in [2.45, 2.75) is 6.54 Å². The molecule has 0 saturated carbocycles. The van der Waals surface area contributed by atoms with Gasteiger partial charge in [0, 0.05) is 25.8 Å². The molecule has 5 nitrogen and oxygen atoms in total. The Morgan fingerprint density at radius 2 is 2.05 bits per heavy atom. The first kappa shape index (κ1) is 13.8. The lowest BCUT2D eigenvalue weighted by Gasteiger charge is -2.28. The van der Waals surface area contributed by atoms with Crippen molar-refractivity contribution in [3.05, 3.63) is 48.0 Å². The first-order valence-electron chi connectivity index (χ1n) is 6.94. The second-order valence-electron chi connectivity index (χ2n) is 4.84. The van der Waals surface area contributed by atoms with Crippen molar-refractivity contribution in [2.75, 3.05) is 36.5 Å². The molecule has 0 unspecified atom stereocenters. The fourth-order valence-corrected chi connectivity index (χ4v) is 2.21. The van der Waals surface area contributed by atoms with Crippen LogP contribution in [-0.4, -0.2) is 36.3 Å². The number of nitrogens with one attached hydrogen (secondary N) is 1. The lowest BCUT2D eigenvalue weighted by Crippen LogP contribution is -2.36. The molecule has 1 saturated heterocycles. The lowest BCUT2D eigenvalue weighted by atomic mass is 10.2. The van der Waals surface area contributed by atoms with Gasteiger partial charge in [-0.15, -0.1) is 0 Å². The fraction of sp³-hybridized carbons (Fsp3) is 0.333. The predicted molar refractivity (Wildman–Crippen MR) is 78.8 cm³/mol. The molecule has 1 aliphatic heterocycles. The van der Waals surface area contributed by atoms with Gasteiger partial charge in [0.25, 0.3) is 0 Å². The van der Waals surface area contributed by atoms with Crippen LogP contribution in [-0.2, 0) is 11.3 Å². The molecular weight excluding hydrogens is 271 g/mol. The van der Waals surface area contributed by atoms with Crippen LogP contribution in [0.4, 0.5) is 16.0 Å². The molecule has 21 heavy (non-hydrogen) atoms. The second kappa shape index (κ2) is 6.49. The van der Waals surface area contributed by atoms with Gasteiger partial charge in [-0.3, -0.25) is 0 Å². The Morgan fingerprint density at radius 3 is 2.81 bits per heavy atom. The van der Waals surface area contributed by atoms with Gasteiger partial charge >= 0.3 is 0 Å². The monoisotopic (exact) mass is 288 g/mol.